The van der Waals surface area contributed by atoms with E-state index in [0.717, 1.165) is 48.3 Å². The smallest absolute Gasteiger partial charge is 0.428 e. The number of para-hydroxylation sites is 1. The fourth-order valence-corrected chi connectivity index (χ4v) is 4.07. The number of fused-ring (bicyclic) bond motifs is 1. The number of carbonyl (C=O) groups excluding carboxylic acids is 2. The summed E-state index contributed by atoms with van der Waals surface area (Å²) in [5.41, 5.74) is 1.73. The Morgan fingerprint density at radius 3 is 2.67 bits per heavy atom. The van der Waals surface area contributed by atoms with Crippen molar-refractivity contribution < 1.29 is 24.1 Å². The van der Waals surface area contributed by atoms with Crippen LogP contribution in [0.5, 0.6) is 0 Å². The van der Waals surface area contributed by atoms with E-state index in [1.165, 1.54) is 4.57 Å². The summed E-state index contributed by atoms with van der Waals surface area (Å²) in [4.78, 5) is 35.5. The Kier molecular flexibility index (Phi) is 6.63. The molecule has 146 valence electrons. The first kappa shape index (κ1) is 19.6. The van der Waals surface area contributed by atoms with Crippen molar-refractivity contribution in [2.24, 2.45) is 0 Å². The van der Waals surface area contributed by atoms with Gasteiger partial charge in [-0.05, 0) is 56.5 Å². The van der Waals surface area contributed by atoms with E-state index >= 15 is 0 Å². The van der Waals surface area contributed by atoms with Crippen LogP contribution >= 0.6 is 11.8 Å². The molecule has 0 bridgehead atoms. The quantitative estimate of drug-likeness (QED) is 0.446. The highest BCUT2D eigenvalue weighted by Gasteiger charge is 2.22. The van der Waals surface area contributed by atoms with Crippen molar-refractivity contribution in [3.63, 3.8) is 0 Å². The molecule has 8 heteroatoms. The zero-order valence-corrected chi connectivity index (χ0v) is 16.4. The minimum absolute atomic E-state index is 0.178. The van der Waals surface area contributed by atoms with E-state index in [2.05, 4.69) is 9.79 Å². The van der Waals surface area contributed by atoms with Crippen LogP contribution in [-0.2, 0) is 20.9 Å². The number of benzene rings is 1. The third-order valence-electron chi connectivity index (χ3n) is 4.43. The summed E-state index contributed by atoms with van der Waals surface area (Å²) in [6.45, 7) is 0.853. The molecular formula is C19H24N2O5S. The molecule has 0 spiro atoms. The molecule has 1 fully saturated rings. The molecule has 7 nitrogen and oxygen atoms in total. The van der Waals surface area contributed by atoms with E-state index < -0.39 is 12.2 Å². The van der Waals surface area contributed by atoms with Crippen molar-refractivity contribution in [3.8, 4) is 0 Å². The number of hydrogen-bond donors (Lipinski definition) is 0. The molecule has 0 radical (unpaired) electrons. The summed E-state index contributed by atoms with van der Waals surface area (Å²) >= 11 is 1.83. The van der Waals surface area contributed by atoms with E-state index in [1.54, 1.807) is 6.20 Å². The number of likely N-dealkylation sites (N-methyl/N-ethyl adjacent to an activating group) is 1. The Labute approximate surface area is 162 Å². The molecule has 1 aliphatic rings. The lowest BCUT2D eigenvalue weighted by atomic mass is 10.1. The van der Waals surface area contributed by atoms with Gasteiger partial charge in [0.1, 0.15) is 6.10 Å². The standard InChI is InChI=1S/C19H24N2O5S/c1-20(2)10-7-14-13-21(17-6-4-3-5-16(14)17)18(22)25-26-19(23)24-15-8-11-27-12-9-15/h3-6,13,15H,7-12H2,1-2H3. The van der Waals surface area contributed by atoms with Gasteiger partial charge in [-0.1, -0.05) is 18.2 Å². The molecular weight excluding hydrogens is 368 g/mol. The van der Waals surface area contributed by atoms with Crippen LogP contribution in [0.1, 0.15) is 18.4 Å². The lowest BCUT2D eigenvalue weighted by Gasteiger charge is -2.20. The summed E-state index contributed by atoms with van der Waals surface area (Å²) < 4.78 is 6.52. The highest BCUT2D eigenvalue weighted by atomic mass is 32.2. The number of ether oxygens (including phenoxy) is 1. The largest absolute Gasteiger partial charge is 0.550 e. The number of thioether (sulfide) groups is 1. The molecule has 1 aromatic carbocycles. The third kappa shape index (κ3) is 5.17. The van der Waals surface area contributed by atoms with Gasteiger partial charge in [0.25, 0.3) is 0 Å². The van der Waals surface area contributed by atoms with Gasteiger partial charge in [0.05, 0.1) is 5.52 Å². The van der Waals surface area contributed by atoms with Gasteiger partial charge in [0.2, 0.25) is 0 Å². The fraction of sp³-hybridized carbons (Fsp3) is 0.474. The third-order valence-corrected chi connectivity index (χ3v) is 5.48. The van der Waals surface area contributed by atoms with E-state index in [1.807, 2.05) is 50.1 Å². The number of aromatic nitrogens is 1. The Morgan fingerprint density at radius 1 is 1.19 bits per heavy atom. The second kappa shape index (κ2) is 9.14. The van der Waals surface area contributed by atoms with Crippen molar-refractivity contribution in [3.05, 3.63) is 36.0 Å². The predicted octanol–water partition coefficient (Wildman–Crippen LogP) is 3.69. The van der Waals surface area contributed by atoms with Crippen molar-refractivity contribution in [2.75, 3.05) is 32.1 Å². The van der Waals surface area contributed by atoms with E-state index in [0.29, 0.717) is 5.52 Å². The Balaban J connectivity index is 1.63. The summed E-state index contributed by atoms with van der Waals surface area (Å²) in [6.07, 6.45) is 2.14. The minimum Gasteiger partial charge on any atom is -0.428 e. The van der Waals surface area contributed by atoms with Crippen LogP contribution in [0, 0.1) is 0 Å². The van der Waals surface area contributed by atoms with Gasteiger partial charge in [0.15, 0.2) is 0 Å². The lowest BCUT2D eigenvalue weighted by molar-refractivity contribution is -0.203. The average molecular weight is 392 g/mol. The van der Waals surface area contributed by atoms with Crippen LogP contribution < -0.4 is 0 Å². The second-order valence-corrected chi connectivity index (χ2v) is 7.93. The molecule has 1 aromatic heterocycles. The van der Waals surface area contributed by atoms with Crippen molar-refractivity contribution >= 4 is 34.9 Å². The first-order valence-electron chi connectivity index (χ1n) is 8.95. The van der Waals surface area contributed by atoms with Crippen LogP contribution in [-0.4, -0.2) is 60.0 Å². The molecule has 0 saturated carbocycles. The van der Waals surface area contributed by atoms with E-state index in [4.69, 9.17) is 9.62 Å². The maximum Gasteiger partial charge on any atom is 0.550 e. The molecule has 2 aromatic rings. The first-order valence-corrected chi connectivity index (χ1v) is 10.1. The van der Waals surface area contributed by atoms with Gasteiger partial charge < -0.3 is 9.64 Å². The van der Waals surface area contributed by atoms with Crippen LogP contribution in [0.25, 0.3) is 10.9 Å². The maximum atomic E-state index is 12.4. The molecule has 3 rings (SSSR count). The molecule has 0 N–H and O–H groups in total. The Bertz CT molecular complexity index is 798. The van der Waals surface area contributed by atoms with Crippen molar-refractivity contribution in [1.29, 1.82) is 0 Å². The molecule has 1 saturated heterocycles. The molecule has 1 aliphatic heterocycles. The highest BCUT2D eigenvalue weighted by molar-refractivity contribution is 7.99. The lowest BCUT2D eigenvalue weighted by Crippen LogP contribution is -2.24. The Hall–Kier alpha value is -2.19. The highest BCUT2D eigenvalue weighted by Crippen LogP contribution is 2.23. The second-order valence-electron chi connectivity index (χ2n) is 6.71. The van der Waals surface area contributed by atoms with Gasteiger partial charge in [-0.25, -0.2) is 19.1 Å². The van der Waals surface area contributed by atoms with Crippen LogP contribution in [0.4, 0.5) is 9.59 Å². The van der Waals surface area contributed by atoms with Gasteiger partial charge in [0, 0.05) is 18.1 Å². The van der Waals surface area contributed by atoms with Gasteiger partial charge in [-0.15, -0.1) is 0 Å². The molecule has 27 heavy (non-hydrogen) atoms. The zero-order valence-electron chi connectivity index (χ0n) is 15.6. The van der Waals surface area contributed by atoms with Crippen molar-refractivity contribution in [2.45, 2.75) is 25.4 Å². The number of carbonyl (C=O) groups is 2. The summed E-state index contributed by atoms with van der Waals surface area (Å²) in [5, 5.41) is 0.971. The van der Waals surface area contributed by atoms with Gasteiger partial charge >= 0.3 is 12.2 Å². The van der Waals surface area contributed by atoms with Crippen molar-refractivity contribution in [1.82, 2.24) is 9.47 Å². The first-order chi connectivity index (χ1) is 13.0. The summed E-state index contributed by atoms with van der Waals surface area (Å²) in [5.74, 6) is 1.89. The van der Waals surface area contributed by atoms with Crippen LogP contribution in [0.15, 0.2) is 30.5 Å². The predicted molar refractivity (Wildman–Crippen MR) is 104 cm³/mol. The maximum absolute atomic E-state index is 12.4. The minimum atomic E-state index is -0.982. The van der Waals surface area contributed by atoms with Crippen LogP contribution in [0.3, 0.4) is 0 Å². The fourth-order valence-electron chi connectivity index (χ4n) is 3.00. The van der Waals surface area contributed by atoms with Gasteiger partial charge in [-0.3, -0.25) is 0 Å². The monoisotopic (exact) mass is 392 g/mol. The Morgan fingerprint density at radius 2 is 1.93 bits per heavy atom. The normalized spacial score (nSPS) is 15.1. The molecule has 0 unspecified atom stereocenters. The van der Waals surface area contributed by atoms with Gasteiger partial charge in [-0.2, -0.15) is 16.6 Å². The molecule has 0 atom stereocenters. The zero-order chi connectivity index (χ0) is 19.2. The average Bonchev–Trinajstić information content (AvgIpc) is 3.04. The van der Waals surface area contributed by atoms with E-state index in [-0.39, 0.29) is 6.10 Å². The molecule has 0 amide bonds. The molecule has 0 aliphatic carbocycles. The number of rotatable bonds is 4. The SMILES string of the molecule is CN(C)CCc1cn(C(=O)OOC(=O)OC2CCSCC2)c2ccccc12. The summed E-state index contributed by atoms with van der Waals surface area (Å²) in [7, 11) is 4.00. The van der Waals surface area contributed by atoms with Crippen LogP contribution in [0.2, 0.25) is 0 Å². The van der Waals surface area contributed by atoms with E-state index in [9.17, 15) is 9.59 Å². The number of hydrogen-bond acceptors (Lipinski definition) is 7. The topological polar surface area (TPSA) is 70.0 Å². The summed E-state index contributed by atoms with van der Waals surface area (Å²) in [6, 6.07) is 7.56. The number of nitrogens with zero attached hydrogens (tertiary/aromatic N) is 2. The molecule has 2 heterocycles.